The average molecular weight is 295 g/mol. The molecule has 1 aromatic heterocycles. The lowest BCUT2D eigenvalue weighted by Gasteiger charge is -2.28. The predicted octanol–water partition coefficient (Wildman–Crippen LogP) is 0.0520. The molecule has 11 heteroatoms. The van der Waals surface area contributed by atoms with Gasteiger partial charge in [0.15, 0.2) is 0 Å². The summed E-state index contributed by atoms with van der Waals surface area (Å²) in [5, 5.41) is 18.1. The van der Waals surface area contributed by atoms with Crippen molar-refractivity contribution in [2.45, 2.75) is 25.1 Å². The molecule has 1 atom stereocenters. The number of carboxylic acids is 1. The molecular formula is C9H12F3N5O3. The number of hydrogen-bond acceptors (Lipinski definition) is 4. The zero-order chi connectivity index (χ0) is 15.4. The highest BCUT2D eigenvalue weighted by molar-refractivity contribution is 5.86. The van der Waals surface area contributed by atoms with Gasteiger partial charge in [-0.2, -0.15) is 18.3 Å². The summed E-state index contributed by atoms with van der Waals surface area (Å²) in [6, 6.07) is -1.24. The number of aromatic amines is 1. The molecular weight excluding hydrogens is 283 g/mol. The van der Waals surface area contributed by atoms with Crippen LogP contribution in [0.5, 0.6) is 0 Å². The van der Waals surface area contributed by atoms with Crippen molar-refractivity contribution < 1.29 is 27.9 Å². The van der Waals surface area contributed by atoms with Crippen LogP contribution in [0.15, 0.2) is 6.33 Å². The van der Waals surface area contributed by atoms with E-state index in [-0.39, 0.29) is 13.0 Å². The van der Waals surface area contributed by atoms with E-state index in [1.165, 1.54) is 11.6 Å². The van der Waals surface area contributed by atoms with Crippen LogP contribution in [-0.2, 0) is 11.2 Å². The standard InChI is InChI=1S/C9H12F3N5O3/c1-8(6(18)19,9(10,11)12)16-7(20)13-3-2-5-14-4-15-17-5/h4H,2-3H2,1H3,(H,18,19)(H2,13,16,20)(H,14,15,17). The van der Waals surface area contributed by atoms with Gasteiger partial charge in [0, 0.05) is 13.0 Å². The number of aromatic nitrogens is 3. The molecule has 0 saturated heterocycles. The van der Waals surface area contributed by atoms with Gasteiger partial charge in [-0.05, 0) is 6.92 Å². The molecule has 112 valence electrons. The summed E-state index contributed by atoms with van der Waals surface area (Å²) in [6.07, 6.45) is -3.68. The SMILES string of the molecule is CC(NC(=O)NCCc1ncn[nH]1)(C(=O)O)C(F)(F)F. The van der Waals surface area contributed by atoms with E-state index >= 15 is 0 Å². The van der Waals surface area contributed by atoms with E-state index in [0.717, 1.165) is 0 Å². The highest BCUT2D eigenvalue weighted by Gasteiger charge is 2.58. The molecule has 0 radical (unpaired) electrons. The van der Waals surface area contributed by atoms with E-state index in [1.807, 2.05) is 0 Å². The Morgan fingerprint density at radius 3 is 2.55 bits per heavy atom. The van der Waals surface area contributed by atoms with Crippen molar-refractivity contribution in [3.05, 3.63) is 12.2 Å². The molecule has 0 aliphatic rings. The minimum absolute atomic E-state index is 0.0332. The van der Waals surface area contributed by atoms with E-state index in [2.05, 4.69) is 20.5 Å². The van der Waals surface area contributed by atoms with Crippen LogP contribution in [-0.4, -0.2) is 50.5 Å². The zero-order valence-corrected chi connectivity index (χ0v) is 10.3. The number of carbonyl (C=O) groups is 2. The fourth-order valence-electron chi connectivity index (χ4n) is 1.16. The first kappa shape index (κ1) is 15.7. The van der Waals surface area contributed by atoms with Crippen LogP contribution in [0.1, 0.15) is 12.7 Å². The third kappa shape index (κ3) is 3.59. The summed E-state index contributed by atoms with van der Waals surface area (Å²) < 4.78 is 37.8. The number of rotatable bonds is 5. The highest BCUT2D eigenvalue weighted by Crippen LogP contribution is 2.30. The van der Waals surface area contributed by atoms with Crippen LogP contribution in [0.4, 0.5) is 18.0 Å². The monoisotopic (exact) mass is 295 g/mol. The number of carboxylic acid groups (broad SMARTS) is 1. The normalized spacial score (nSPS) is 14.4. The van der Waals surface area contributed by atoms with Crippen LogP contribution < -0.4 is 10.6 Å². The summed E-state index contributed by atoms with van der Waals surface area (Å²) in [5.74, 6) is -1.77. The molecule has 0 bridgehead atoms. The topological polar surface area (TPSA) is 120 Å². The van der Waals surface area contributed by atoms with Gasteiger partial charge >= 0.3 is 18.2 Å². The van der Waals surface area contributed by atoms with Gasteiger partial charge < -0.3 is 15.7 Å². The summed E-state index contributed by atoms with van der Waals surface area (Å²) in [4.78, 5) is 25.7. The maximum absolute atomic E-state index is 12.6. The van der Waals surface area contributed by atoms with Crippen LogP contribution >= 0.6 is 0 Å². The van der Waals surface area contributed by atoms with Gasteiger partial charge in [0.1, 0.15) is 12.2 Å². The third-order valence-electron chi connectivity index (χ3n) is 2.47. The lowest BCUT2D eigenvalue weighted by Crippen LogP contribution is -2.63. The van der Waals surface area contributed by atoms with Crippen molar-refractivity contribution in [2.75, 3.05) is 6.54 Å². The second-order valence-corrected chi connectivity index (χ2v) is 3.99. The molecule has 0 spiro atoms. The first-order valence-electron chi connectivity index (χ1n) is 5.37. The van der Waals surface area contributed by atoms with Crippen molar-refractivity contribution in [3.8, 4) is 0 Å². The second-order valence-electron chi connectivity index (χ2n) is 3.99. The zero-order valence-electron chi connectivity index (χ0n) is 10.3. The Balaban J connectivity index is 2.53. The molecule has 1 unspecified atom stereocenters. The quantitative estimate of drug-likeness (QED) is 0.612. The van der Waals surface area contributed by atoms with Crippen LogP contribution in [0.2, 0.25) is 0 Å². The van der Waals surface area contributed by atoms with Crippen molar-refractivity contribution in [1.29, 1.82) is 0 Å². The van der Waals surface area contributed by atoms with Crippen molar-refractivity contribution in [3.63, 3.8) is 0 Å². The number of halogens is 3. The number of alkyl halides is 3. The summed E-state index contributed by atoms with van der Waals surface area (Å²) in [6.45, 7) is 0.333. The van der Waals surface area contributed by atoms with Gasteiger partial charge in [-0.1, -0.05) is 0 Å². The minimum atomic E-state index is -5.12. The van der Waals surface area contributed by atoms with Crippen LogP contribution in [0.3, 0.4) is 0 Å². The molecule has 1 rings (SSSR count). The van der Waals surface area contributed by atoms with E-state index in [1.54, 1.807) is 0 Å². The van der Waals surface area contributed by atoms with E-state index in [4.69, 9.17) is 5.11 Å². The molecule has 0 aromatic carbocycles. The number of nitrogens with zero attached hydrogens (tertiary/aromatic N) is 2. The van der Waals surface area contributed by atoms with Gasteiger partial charge in [-0.15, -0.1) is 0 Å². The fourth-order valence-corrected chi connectivity index (χ4v) is 1.16. The average Bonchev–Trinajstić information content (AvgIpc) is 2.80. The van der Waals surface area contributed by atoms with Crippen molar-refractivity contribution in [1.82, 2.24) is 25.8 Å². The van der Waals surface area contributed by atoms with Crippen LogP contribution in [0.25, 0.3) is 0 Å². The minimum Gasteiger partial charge on any atom is -0.479 e. The Hall–Kier alpha value is -2.33. The number of nitrogens with one attached hydrogen (secondary N) is 3. The summed E-state index contributed by atoms with van der Waals surface area (Å²) >= 11 is 0. The van der Waals surface area contributed by atoms with Crippen LogP contribution in [0, 0.1) is 0 Å². The van der Waals surface area contributed by atoms with E-state index in [0.29, 0.717) is 12.7 Å². The number of H-pyrrole nitrogens is 1. The molecule has 1 heterocycles. The maximum Gasteiger partial charge on any atom is 0.422 e. The molecule has 8 nitrogen and oxygen atoms in total. The number of hydrogen-bond donors (Lipinski definition) is 4. The molecule has 2 amide bonds. The lowest BCUT2D eigenvalue weighted by atomic mass is 10.0. The number of urea groups is 1. The molecule has 1 aromatic rings. The van der Waals surface area contributed by atoms with Gasteiger partial charge in [-0.25, -0.2) is 14.6 Å². The van der Waals surface area contributed by atoms with Gasteiger partial charge in [0.2, 0.25) is 5.54 Å². The van der Waals surface area contributed by atoms with Gasteiger partial charge in [-0.3, -0.25) is 5.10 Å². The Kier molecular flexibility index (Phi) is 4.53. The number of amides is 2. The van der Waals surface area contributed by atoms with Crippen molar-refractivity contribution >= 4 is 12.0 Å². The second kappa shape index (κ2) is 5.75. The van der Waals surface area contributed by atoms with Gasteiger partial charge in [0.05, 0.1) is 0 Å². The first-order chi connectivity index (χ1) is 9.17. The molecule has 0 aliphatic heterocycles. The molecule has 0 saturated carbocycles. The summed E-state index contributed by atoms with van der Waals surface area (Å²) in [7, 11) is 0. The highest BCUT2D eigenvalue weighted by atomic mass is 19.4. The maximum atomic E-state index is 12.6. The Morgan fingerprint density at radius 1 is 1.45 bits per heavy atom. The molecule has 4 N–H and O–H groups in total. The first-order valence-corrected chi connectivity index (χ1v) is 5.37. The predicted molar refractivity (Wildman–Crippen MR) is 58.7 cm³/mol. The third-order valence-corrected chi connectivity index (χ3v) is 2.47. The Morgan fingerprint density at radius 2 is 2.10 bits per heavy atom. The molecule has 0 fully saturated rings. The largest absolute Gasteiger partial charge is 0.479 e. The lowest BCUT2D eigenvalue weighted by molar-refractivity contribution is -0.203. The van der Waals surface area contributed by atoms with Gasteiger partial charge in [0.25, 0.3) is 0 Å². The molecule has 20 heavy (non-hydrogen) atoms. The molecule has 0 aliphatic carbocycles. The number of carbonyl (C=O) groups excluding carboxylic acids is 1. The summed E-state index contributed by atoms with van der Waals surface area (Å²) in [5.41, 5.74) is -3.36. The van der Waals surface area contributed by atoms with Crippen molar-refractivity contribution in [2.24, 2.45) is 0 Å². The fraction of sp³-hybridized carbons (Fsp3) is 0.556. The Bertz CT molecular complexity index is 476. The smallest absolute Gasteiger partial charge is 0.422 e. The van der Waals surface area contributed by atoms with E-state index < -0.39 is 23.7 Å². The van der Waals surface area contributed by atoms with E-state index in [9.17, 15) is 22.8 Å². The number of aliphatic carboxylic acids is 1. The Labute approximate surface area is 110 Å².